The summed E-state index contributed by atoms with van der Waals surface area (Å²) in [6.07, 6.45) is 1.14. The molecule has 8 nitrogen and oxygen atoms in total. The minimum atomic E-state index is -0.827. The number of carboxylic acids is 1. The van der Waals surface area contributed by atoms with Gasteiger partial charge in [-0.3, -0.25) is 9.59 Å². The maximum Gasteiger partial charge on any atom is 0.303 e. The van der Waals surface area contributed by atoms with Gasteiger partial charge < -0.3 is 29.7 Å². The molecule has 1 amide bonds. The number of nitrogens with one attached hydrogen (secondary N) is 1. The van der Waals surface area contributed by atoms with Gasteiger partial charge in [0.25, 0.3) is 0 Å². The predicted molar refractivity (Wildman–Crippen MR) is 120 cm³/mol. The number of anilines is 2. The number of carboxylic acid groups (broad SMARTS) is 1. The molecule has 1 aliphatic rings. The SMILES string of the molecule is COc1cc(-c2cc(OCCCC(=O)O)cc(N3CCN(C)CC3)c2)ccc1NC=O. The molecule has 2 aromatic carbocycles. The average molecular weight is 428 g/mol. The molecule has 1 saturated heterocycles. The zero-order valence-electron chi connectivity index (χ0n) is 18.0. The van der Waals surface area contributed by atoms with Crippen molar-refractivity contribution in [3.8, 4) is 22.6 Å². The van der Waals surface area contributed by atoms with Crippen molar-refractivity contribution in [1.82, 2.24) is 4.90 Å². The molecule has 0 spiro atoms. The van der Waals surface area contributed by atoms with Crippen molar-refractivity contribution in [3.05, 3.63) is 36.4 Å². The van der Waals surface area contributed by atoms with Gasteiger partial charge in [-0.15, -0.1) is 0 Å². The van der Waals surface area contributed by atoms with Crippen LogP contribution in [0.15, 0.2) is 36.4 Å². The summed E-state index contributed by atoms with van der Waals surface area (Å²) in [7, 11) is 3.68. The fraction of sp³-hybridized carbons (Fsp3) is 0.391. The lowest BCUT2D eigenvalue weighted by molar-refractivity contribution is -0.137. The van der Waals surface area contributed by atoms with Crippen molar-refractivity contribution in [2.75, 3.05) is 57.2 Å². The van der Waals surface area contributed by atoms with Crippen LogP contribution < -0.4 is 19.7 Å². The fourth-order valence-corrected chi connectivity index (χ4v) is 3.55. The van der Waals surface area contributed by atoms with Gasteiger partial charge in [-0.2, -0.15) is 0 Å². The van der Waals surface area contributed by atoms with E-state index in [1.807, 2.05) is 24.3 Å². The topological polar surface area (TPSA) is 91.3 Å². The third-order valence-corrected chi connectivity index (χ3v) is 5.31. The van der Waals surface area contributed by atoms with E-state index >= 15 is 0 Å². The number of aliphatic carboxylic acids is 1. The Morgan fingerprint density at radius 2 is 1.90 bits per heavy atom. The van der Waals surface area contributed by atoms with Gasteiger partial charge in [0.05, 0.1) is 19.4 Å². The lowest BCUT2D eigenvalue weighted by atomic mass is 10.0. The number of likely N-dealkylation sites (N-methyl/N-ethyl adjacent to an activating group) is 1. The number of carbonyl (C=O) groups excluding carboxylic acids is 1. The molecule has 0 atom stereocenters. The largest absolute Gasteiger partial charge is 0.495 e. The molecule has 0 bridgehead atoms. The Morgan fingerprint density at radius 3 is 2.58 bits per heavy atom. The highest BCUT2D eigenvalue weighted by molar-refractivity contribution is 5.80. The smallest absolute Gasteiger partial charge is 0.303 e. The molecule has 0 radical (unpaired) electrons. The summed E-state index contributed by atoms with van der Waals surface area (Å²) in [6, 6.07) is 11.7. The number of methoxy groups -OCH3 is 1. The molecule has 1 aliphatic heterocycles. The first-order valence-corrected chi connectivity index (χ1v) is 10.3. The number of benzene rings is 2. The van der Waals surface area contributed by atoms with E-state index in [9.17, 15) is 9.59 Å². The minimum absolute atomic E-state index is 0.0768. The summed E-state index contributed by atoms with van der Waals surface area (Å²) >= 11 is 0. The predicted octanol–water partition coefficient (Wildman–Crippen LogP) is 2.93. The third kappa shape index (κ3) is 6.11. The van der Waals surface area contributed by atoms with Crippen molar-refractivity contribution in [2.24, 2.45) is 0 Å². The Balaban J connectivity index is 1.90. The molecule has 2 N–H and O–H groups in total. The zero-order chi connectivity index (χ0) is 22.2. The summed E-state index contributed by atoms with van der Waals surface area (Å²) in [4.78, 5) is 26.2. The molecule has 2 aromatic rings. The highest BCUT2D eigenvalue weighted by Gasteiger charge is 2.17. The highest BCUT2D eigenvalue weighted by Crippen LogP contribution is 2.35. The number of nitrogens with zero attached hydrogens (tertiary/aromatic N) is 2. The van der Waals surface area contributed by atoms with Crippen molar-refractivity contribution in [2.45, 2.75) is 12.8 Å². The van der Waals surface area contributed by atoms with E-state index in [0.29, 0.717) is 36.6 Å². The number of ether oxygens (including phenoxy) is 2. The van der Waals surface area contributed by atoms with Gasteiger partial charge in [0, 0.05) is 44.4 Å². The first-order chi connectivity index (χ1) is 15.0. The number of hydrogen-bond acceptors (Lipinski definition) is 6. The van der Waals surface area contributed by atoms with Crippen LogP contribution in [-0.4, -0.2) is 69.3 Å². The lowest BCUT2D eigenvalue weighted by Crippen LogP contribution is -2.44. The quantitative estimate of drug-likeness (QED) is 0.445. The van der Waals surface area contributed by atoms with Crippen LogP contribution in [0.5, 0.6) is 11.5 Å². The molecule has 31 heavy (non-hydrogen) atoms. The van der Waals surface area contributed by atoms with Gasteiger partial charge >= 0.3 is 5.97 Å². The minimum Gasteiger partial charge on any atom is -0.495 e. The molecular formula is C23H29N3O5. The van der Waals surface area contributed by atoms with E-state index in [0.717, 1.165) is 43.0 Å². The van der Waals surface area contributed by atoms with E-state index in [2.05, 4.69) is 28.2 Å². The average Bonchev–Trinajstić information content (AvgIpc) is 2.77. The van der Waals surface area contributed by atoms with Gasteiger partial charge in [-0.05, 0) is 48.9 Å². The summed E-state index contributed by atoms with van der Waals surface area (Å²) in [6.45, 7) is 4.15. The maximum atomic E-state index is 10.8. The van der Waals surface area contributed by atoms with E-state index in [1.165, 1.54) is 0 Å². The van der Waals surface area contributed by atoms with Crippen LogP contribution in [0.3, 0.4) is 0 Å². The summed E-state index contributed by atoms with van der Waals surface area (Å²) < 4.78 is 11.3. The number of hydrogen-bond donors (Lipinski definition) is 2. The maximum absolute atomic E-state index is 10.8. The molecule has 0 aliphatic carbocycles. The van der Waals surface area contributed by atoms with Crippen LogP contribution >= 0.6 is 0 Å². The Kier molecular flexibility index (Phi) is 7.72. The van der Waals surface area contributed by atoms with E-state index in [-0.39, 0.29) is 6.42 Å². The van der Waals surface area contributed by atoms with Gasteiger partial charge in [0.15, 0.2) is 0 Å². The summed E-state index contributed by atoms with van der Waals surface area (Å²) in [5, 5.41) is 11.5. The van der Waals surface area contributed by atoms with Crippen LogP contribution in [0.1, 0.15) is 12.8 Å². The van der Waals surface area contributed by atoms with Gasteiger partial charge in [-0.1, -0.05) is 6.07 Å². The number of piperazine rings is 1. The second-order valence-electron chi connectivity index (χ2n) is 7.53. The Labute approximate surface area is 182 Å². The molecule has 166 valence electrons. The van der Waals surface area contributed by atoms with Crippen LogP contribution in [0, 0.1) is 0 Å². The standard InChI is InChI=1S/C23H29N3O5/c1-25-7-9-26(10-8-25)19-12-18(13-20(15-19)31-11-3-4-23(28)29)17-5-6-21(24-16-27)22(14-17)30-2/h5-6,12-16H,3-4,7-11H2,1-2H3,(H,24,27)(H,28,29). The monoisotopic (exact) mass is 427 g/mol. The van der Waals surface area contributed by atoms with Crippen LogP contribution in [-0.2, 0) is 9.59 Å². The highest BCUT2D eigenvalue weighted by atomic mass is 16.5. The molecule has 3 rings (SSSR count). The summed E-state index contributed by atoms with van der Waals surface area (Å²) in [5.74, 6) is 0.441. The number of amides is 1. The zero-order valence-corrected chi connectivity index (χ0v) is 18.0. The van der Waals surface area contributed by atoms with Crippen molar-refractivity contribution >= 4 is 23.8 Å². The van der Waals surface area contributed by atoms with E-state index in [1.54, 1.807) is 13.2 Å². The Hall–Kier alpha value is -3.26. The first kappa shape index (κ1) is 22.4. The lowest BCUT2D eigenvalue weighted by Gasteiger charge is -2.34. The Bertz CT molecular complexity index is 910. The first-order valence-electron chi connectivity index (χ1n) is 10.3. The van der Waals surface area contributed by atoms with E-state index < -0.39 is 5.97 Å². The fourth-order valence-electron chi connectivity index (χ4n) is 3.55. The van der Waals surface area contributed by atoms with Crippen LogP contribution in [0.4, 0.5) is 11.4 Å². The normalized spacial score (nSPS) is 14.2. The van der Waals surface area contributed by atoms with Gasteiger partial charge in [-0.25, -0.2) is 0 Å². The molecule has 8 heteroatoms. The molecule has 0 unspecified atom stereocenters. The molecule has 0 saturated carbocycles. The summed E-state index contributed by atoms with van der Waals surface area (Å²) in [5.41, 5.74) is 3.55. The van der Waals surface area contributed by atoms with Crippen LogP contribution in [0.2, 0.25) is 0 Å². The third-order valence-electron chi connectivity index (χ3n) is 5.31. The Morgan fingerprint density at radius 1 is 1.13 bits per heavy atom. The molecular weight excluding hydrogens is 398 g/mol. The molecule has 0 aromatic heterocycles. The van der Waals surface area contributed by atoms with E-state index in [4.69, 9.17) is 14.6 Å². The van der Waals surface area contributed by atoms with Crippen LogP contribution in [0.25, 0.3) is 11.1 Å². The second kappa shape index (κ2) is 10.7. The van der Waals surface area contributed by atoms with Gasteiger partial charge in [0.1, 0.15) is 11.5 Å². The van der Waals surface area contributed by atoms with Crippen molar-refractivity contribution in [1.29, 1.82) is 0 Å². The second-order valence-corrected chi connectivity index (χ2v) is 7.53. The van der Waals surface area contributed by atoms with Crippen molar-refractivity contribution < 1.29 is 24.2 Å². The number of rotatable bonds is 10. The molecule has 1 fully saturated rings. The number of carbonyl (C=O) groups is 2. The van der Waals surface area contributed by atoms with Gasteiger partial charge in [0.2, 0.25) is 6.41 Å². The molecule has 1 heterocycles. The van der Waals surface area contributed by atoms with Crippen molar-refractivity contribution in [3.63, 3.8) is 0 Å².